The van der Waals surface area contributed by atoms with Gasteiger partial charge in [0.2, 0.25) is 0 Å². The summed E-state index contributed by atoms with van der Waals surface area (Å²) >= 11 is 0. The van der Waals surface area contributed by atoms with Crippen LogP contribution in [0.2, 0.25) is 0 Å². The smallest absolute Gasteiger partial charge is 0.0350 e. The summed E-state index contributed by atoms with van der Waals surface area (Å²) in [6, 6.07) is 11.9. The average molecular weight is 247 g/mol. The lowest BCUT2D eigenvalue weighted by molar-refractivity contribution is 0.286. The van der Waals surface area contributed by atoms with E-state index in [0.29, 0.717) is 23.9 Å². The van der Waals surface area contributed by atoms with E-state index in [2.05, 4.69) is 70.3 Å². The Morgan fingerprint density at radius 3 is 1.94 bits per heavy atom. The summed E-state index contributed by atoms with van der Waals surface area (Å²) in [4.78, 5) is 0. The molecule has 1 aromatic rings. The summed E-state index contributed by atoms with van der Waals surface area (Å²) in [6.45, 7) is 11.5. The monoisotopic (exact) mass is 247 g/mol. The molecule has 0 saturated heterocycles. The molecule has 18 heavy (non-hydrogen) atoms. The van der Waals surface area contributed by atoms with Crippen LogP contribution >= 0.6 is 0 Å². The van der Waals surface area contributed by atoms with Crippen molar-refractivity contribution in [2.45, 2.75) is 59.5 Å². The summed E-state index contributed by atoms with van der Waals surface area (Å²) in [6.07, 6.45) is 2.46. The zero-order chi connectivity index (χ0) is 13.5. The molecule has 0 aliphatic carbocycles. The van der Waals surface area contributed by atoms with Gasteiger partial charge in [-0.1, -0.05) is 70.9 Å². The third-order valence-electron chi connectivity index (χ3n) is 4.12. The van der Waals surface area contributed by atoms with E-state index in [1.54, 1.807) is 0 Å². The van der Waals surface area contributed by atoms with Crippen molar-refractivity contribution in [3.05, 3.63) is 35.9 Å². The minimum Gasteiger partial charge on any atom is -0.307 e. The fourth-order valence-corrected chi connectivity index (χ4v) is 2.40. The SMILES string of the molecule is CCC(CC)C(NC(C)C(C)C)c1ccccc1. The molecule has 0 bridgehead atoms. The zero-order valence-corrected chi connectivity index (χ0v) is 12.6. The normalized spacial score (nSPS) is 15.1. The van der Waals surface area contributed by atoms with Gasteiger partial charge in [-0.25, -0.2) is 0 Å². The lowest BCUT2D eigenvalue weighted by atomic mass is 9.87. The van der Waals surface area contributed by atoms with E-state index in [9.17, 15) is 0 Å². The summed E-state index contributed by atoms with van der Waals surface area (Å²) in [5, 5.41) is 3.83. The second-order valence-corrected chi connectivity index (χ2v) is 5.66. The van der Waals surface area contributed by atoms with Gasteiger partial charge in [0.05, 0.1) is 0 Å². The van der Waals surface area contributed by atoms with Gasteiger partial charge in [-0.3, -0.25) is 0 Å². The number of hydrogen-bond donors (Lipinski definition) is 1. The van der Waals surface area contributed by atoms with E-state index in [0.717, 1.165) is 0 Å². The van der Waals surface area contributed by atoms with Crippen LogP contribution in [-0.2, 0) is 0 Å². The van der Waals surface area contributed by atoms with Gasteiger partial charge in [0.15, 0.2) is 0 Å². The van der Waals surface area contributed by atoms with Crippen LogP contribution in [0.4, 0.5) is 0 Å². The molecule has 0 aromatic heterocycles. The molecule has 1 nitrogen and oxygen atoms in total. The lowest BCUT2D eigenvalue weighted by Gasteiger charge is -2.31. The maximum absolute atomic E-state index is 3.83. The second-order valence-electron chi connectivity index (χ2n) is 5.66. The highest BCUT2D eigenvalue weighted by atomic mass is 15.0. The lowest BCUT2D eigenvalue weighted by Crippen LogP contribution is -2.37. The molecule has 1 rings (SSSR count). The second kappa shape index (κ2) is 7.58. The Balaban J connectivity index is 2.88. The van der Waals surface area contributed by atoms with E-state index in [1.165, 1.54) is 18.4 Å². The first kappa shape index (κ1) is 15.2. The molecule has 0 radical (unpaired) electrons. The topological polar surface area (TPSA) is 12.0 Å². The van der Waals surface area contributed by atoms with Crippen molar-refractivity contribution in [3.8, 4) is 0 Å². The van der Waals surface area contributed by atoms with Crippen LogP contribution in [0.5, 0.6) is 0 Å². The quantitative estimate of drug-likeness (QED) is 0.730. The number of nitrogens with one attached hydrogen (secondary N) is 1. The molecule has 0 aliphatic heterocycles. The van der Waals surface area contributed by atoms with E-state index in [4.69, 9.17) is 0 Å². The van der Waals surface area contributed by atoms with Gasteiger partial charge >= 0.3 is 0 Å². The number of benzene rings is 1. The summed E-state index contributed by atoms with van der Waals surface area (Å²) < 4.78 is 0. The molecular weight excluding hydrogens is 218 g/mol. The molecule has 0 spiro atoms. The predicted octanol–water partition coefficient (Wildman–Crippen LogP) is 4.80. The van der Waals surface area contributed by atoms with Gasteiger partial charge in [0.1, 0.15) is 0 Å². The van der Waals surface area contributed by atoms with Crippen molar-refractivity contribution in [3.63, 3.8) is 0 Å². The third kappa shape index (κ3) is 4.13. The molecule has 1 heteroatoms. The molecule has 102 valence electrons. The van der Waals surface area contributed by atoms with Crippen molar-refractivity contribution in [1.29, 1.82) is 0 Å². The van der Waals surface area contributed by atoms with Crippen molar-refractivity contribution < 1.29 is 0 Å². The summed E-state index contributed by atoms with van der Waals surface area (Å²) in [7, 11) is 0. The molecule has 2 unspecified atom stereocenters. The highest BCUT2D eigenvalue weighted by molar-refractivity contribution is 5.20. The van der Waals surface area contributed by atoms with E-state index >= 15 is 0 Å². The Labute approximate surface area is 113 Å². The van der Waals surface area contributed by atoms with Gasteiger partial charge in [0.25, 0.3) is 0 Å². The minimum atomic E-state index is 0.485. The number of hydrogen-bond acceptors (Lipinski definition) is 1. The molecular formula is C17H29N. The first-order valence-corrected chi connectivity index (χ1v) is 7.41. The Morgan fingerprint density at radius 2 is 1.50 bits per heavy atom. The minimum absolute atomic E-state index is 0.485. The van der Waals surface area contributed by atoms with Gasteiger partial charge in [-0.05, 0) is 24.3 Å². The van der Waals surface area contributed by atoms with Crippen LogP contribution < -0.4 is 5.32 Å². The zero-order valence-electron chi connectivity index (χ0n) is 12.6. The van der Waals surface area contributed by atoms with Gasteiger partial charge in [-0.2, -0.15) is 0 Å². The highest BCUT2D eigenvalue weighted by Gasteiger charge is 2.22. The summed E-state index contributed by atoms with van der Waals surface area (Å²) in [5.74, 6) is 1.39. The molecule has 0 aliphatic rings. The average Bonchev–Trinajstić information content (AvgIpc) is 2.39. The predicted molar refractivity (Wildman–Crippen MR) is 80.7 cm³/mol. The van der Waals surface area contributed by atoms with Crippen molar-refractivity contribution >= 4 is 0 Å². The maximum Gasteiger partial charge on any atom is 0.0350 e. The number of rotatable bonds is 7. The Morgan fingerprint density at radius 1 is 0.944 bits per heavy atom. The Hall–Kier alpha value is -0.820. The standard InChI is InChI=1S/C17H29N/c1-6-15(7-2)17(18-14(5)13(3)4)16-11-9-8-10-12-16/h8-15,17-18H,6-7H2,1-5H3. The van der Waals surface area contributed by atoms with Crippen LogP contribution in [0.3, 0.4) is 0 Å². The third-order valence-corrected chi connectivity index (χ3v) is 4.12. The molecule has 0 heterocycles. The fraction of sp³-hybridized carbons (Fsp3) is 0.647. The van der Waals surface area contributed by atoms with Gasteiger partial charge < -0.3 is 5.32 Å². The van der Waals surface area contributed by atoms with Gasteiger partial charge in [0, 0.05) is 12.1 Å². The first-order chi connectivity index (χ1) is 8.60. The van der Waals surface area contributed by atoms with E-state index < -0.39 is 0 Å². The molecule has 2 atom stereocenters. The van der Waals surface area contributed by atoms with Gasteiger partial charge in [-0.15, -0.1) is 0 Å². The van der Waals surface area contributed by atoms with Crippen molar-refractivity contribution in [2.75, 3.05) is 0 Å². The fourth-order valence-electron chi connectivity index (χ4n) is 2.40. The molecule has 0 saturated carbocycles. The molecule has 0 fully saturated rings. The summed E-state index contributed by atoms with van der Waals surface area (Å²) in [5.41, 5.74) is 1.43. The van der Waals surface area contributed by atoms with Crippen LogP contribution in [-0.4, -0.2) is 6.04 Å². The largest absolute Gasteiger partial charge is 0.307 e. The van der Waals surface area contributed by atoms with Crippen molar-refractivity contribution in [2.24, 2.45) is 11.8 Å². The van der Waals surface area contributed by atoms with Crippen LogP contribution in [0.25, 0.3) is 0 Å². The van der Waals surface area contributed by atoms with Crippen LogP contribution in [0.1, 0.15) is 59.1 Å². The van der Waals surface area contributed by atoms with Crippen LogP contribution in [0.15, 0.2) is 30.3 Å². The van der Waals surface area contributed by atoms with Crippen LogP contribution in [0, 0.1) is 11.8 Å². The first-order valence-electron chi connectivity index (χ1n) is 7.41. The molecule has 1 aromatic carbocycles. The molecule has 0 amide bonds. The maximum atomic E-state index is 3.83. The van der Waals surface area contributed by atoms with E-state index in [1.807, 2.05) is 0 Å². The Bertz CT molecular complexity index is 314. The molecule has 1 N–H and O–H groups in total. The van der Waals surface area contributed by atoms with E-state index in [-0.39, 0.29) is 0 Å². The van der Waals surface area contributed by atoms with Crippen molar-refractivity contribution in [1.82, 2.24) is 5.32 Å². The Kier molecular flexibility index (Phi) is 6.42. The highest BCUT2D eigenvalue weighted by Crippen LogP contribution is 2.28.